The molecule has 0 unspecified atom stereocenters. The number of carbonyl (C=O) groups is 1. The van der Waals surface area contributed by atoms with Gasteiger partial charge in [-0.15, -0.1) is 0 Å². The molecule has 1 atom stereocenters. The lowest BCUT2D eigenvalue weighted by molar-refractivity contribution is 0.0409. The Bertz CT molecular complexity index is 1040. The summed E-state index contributed by atoms with van der Waals surface area (Å²) in [5, 5.41) is 6.77. The Morgan fingerprint density at radius 2 is 1.93 bits per heavy atom. The minimum atomic E-state index is -0.438. The first kappa shape index (κ1) is 20.7. The van der Waals surface area contributed by atoms with E-state index in [1.54, 1.807) is 11.6 Å². The zero-order chi connectivity index (χ0) is 21.4. The van der Waals surface area contributed by atoms with Crippen LogP contribution in [0.2, 0.25) is 0 Å². The maximum absolute atomic E-state index is 13.1. The smallest absolute Gasteiger partial charge is 0.291 e. The van der Waals surface area contributed by atoms with Crippen LogP contribution in [0.5, 0.6) is 0 Å². The molecule has 1 saturated carbocycles. The molecule has 8 nitrogen and oxygen atoms in total. The molecule has 0 spiro atoms. The maximum Gasteiger partial charge on any atom is 0.291 e. The molecule has 4 rings (SSSR count). The van der Waals surface area contributed by atoms with Gasteiger partial charge < -0.3 is 14.6 Å². The molecule has 1 aliphatic carbocycles. The van der Waals surface area contributed by atoms with Crippen molar-refractivity contribution in [3.63, 3.8) is 0 Å². The highest BCUT2D eigenvalue weighted by Gasteiger charge is 2.29. The molecule has 1 fully saturated rings. The van der Waals surface area contributed by atoms with E-state index in [0.29, 0.717) is 30.0 Å². The van der Waals surface area contributed by atoms with Crippen molar-refractivity contribution in [3.05, 3.63) is 44.7 Å². The second-order valence-electron chi connectivity index (χ2n) is 8.49. The SMILES string of the molecule is CC1=CC[C@@H](c2onc(C(=O)Nc3c(C)n(C)n(C4CCCCC4)c3=O)c2C)OC1. The number of anilines is 1. The second kappa shape index (κ2) is 8.26. The van der Waals surface area contributed by atoms with Gasteiger partial charge in [0.1, 0.15) is 11.8 Å². The van der Waals surface area contributed by atoms with Gasteiger partial charge in [0.2, 0.25) is 0 Å². The molecule has 0 bridgehead atoms. The highest BCUT2D eigenvalue weighted by Crippen LogP contribution is 2.31. The number of hydrogen-bond acceptors (Lipinski definition) is 5. The number of ether oxygens (including phenoxy) is 1. The molecule has 30 heavy (non-hydrogen) atoms. The Morgan fingerprint density at radius 3 is 2.60 bits per heavy atom. The molecule has 2 aromatic heterocycles. The quantitative estimate of drug-likeness (QED) is 0.765. The van der Waals surface area contributed by atoms with Crippen LogP contribution in [0.4, 0.5) is 5.69 Å². The fraction of sp³-hybridized carbons (Fsp3) is 0.591. The third kappa shape index (κ3) is 3.64. The number of hydrogen-bond donors (Lipinski definition) is 1. The molecule has 0 aromatic carbocycles. The Morgan fingerprint density at radius 1 is 1.20 bits per heavy atom. The average molecular weight is 415 g/mol. The Hall–Kier alpha value is -2.61. The number of amides is 1. The fourth-order valence-corrected chi connectivity index (χ4v) is 4.49. The Labute approximate surface area is 175 Å². The van der Waals surface area contributed by atoms with Crippen molar-refractivity contribution in [2.45, 2.75) is 71.4 Å². The first-order chi connectivity index (χ1) is 14.4. The lowest BCUT2D eigenvalue weighted by atomic mass is 9.96. The molecule has 0 radical (unpaired) electrons. The molecular weight excluding hydrogens is 384 g/mol. The summed E-state index contributed by atoms with van der Waals surface area (Å²) < 4.78 is 14.9. The summed E-state index contributed by atoms with van der Waals surface area (Å²) >= 11 is 0. The maximum atomic E-state index is 13.1. The average Bonchev–Trinajstić information content (AvgIpc) is 3.22. The molecular formula is C22H30N4O4. The van der Waals surface area contributed by atoms with Crippen molar-refractivity contribution < 1.29 is 14.1 Å². The van der Waals surface area contributed by atoms with Crippen molar-refractivity contribution in [1.82, 2.24) is 14.5 Å². The van der Waals surface area contributed by atoms with E-state index in [2.05, 4.69) is 16.5 Å². The monoisotopic (exact) mass is 414 g/mol. The van der Waals surface area contributed by atoms with Crippen molar-refractivity contribution in [3.8, 4) is 0 Å². The fourth-order valence-electron chi connectivity index (χ4n) is 4.49. The molecule has 162 valence electrons. The summed E-state index contributed by atoms with van der Waals surface area (Å²) in [5.41, 5.74) is 2.89. The summed E-state index contributed by atoms with van der Waals surface area (Å²) in [6.07, 6.45) is 8.00. The van der Waals surface area contributed by atoms with Gasteiger partial charge in [0.05, 0.1) is 18.3 Å². The topological polar surface area (TPSA) is 91.3 Å². The molecule has 3 heterocycles. The molecule has 8 heteroatoms. The van der Waals surface area contributed by atoms with Crippen LogP contribution in [0.25, 0.3) is 0 Å². The highest BCUT2D eigenvalue weighted by atomic mass is 16.5. The third-order valence-electron chi connectivity index (χ3n) is 6.41. The van der Waals surface area contributed by atoms with E-state index < -0.39 is 5.91 Å². The lowest BCUT2D eigenvalue weighted by Crippen LogP contribution is -2.29. The Balaban J connectivity index is 1.57. The first-order valence-electron chi connectivity index (χ1n) is 10.7. The molecule has 2 aromatic rings. The van der Waals surface area contributed by atoms with E-state index in [4.69, 9.17) is 9.26 Å². The Kier molecular flexibility index (Phi) is 5.69. The molecule has 1 N–H and O–H groups in total. The van der Waals surface area contributed by atoms with Crippen LogP contribution < -0.4 is 10.9 Å². The van der Waals surface area contributed by atoms with Crippen LogP contribution in [0.3, 0.4) is 0 Å². The van der Waals surface area contributed by atoms with Crippen LogP contribution >= 0.6 is 0 Å². The summed E-state index contributed by atoms with van der Waals surface area (Å²) in [4.78, 5) is 26.0. The number of nitrogens with zero attached hydrogens (tertiary/aromatic N) is 3. The van der Waals surface area contributed by atoms with E-state index in [1.165, 1.54) is 12.0 Å². The van der Waals surface area contributed by atoms with Crippen molar-refractivity contribution in [2.75, 3.05) is 11.9 Å². The molecule has 0 saturated heterocycles. The van der Waals surface area contributed by atoms with Gasteiger partial charge in [-0.25, -0.2) is 4.68 Å². The van der Waals surface area contributed by atoms with E-state index >= 15 is 0 Å². The number of carbonyl (C=O) groups excluding carboxylic acids is 1. The summed E-state index contributed by atoms with van der Waals surface area (Å²) in [6.45, 7) is 6.20. The summed E-state index contributed by atoms with van der Waals surface area (Å²) in [7, 11) is 1.87. The van der Waals surface area contributed by atoms with Crippen molar-refractivity contribution >= 4 is 11.6 Å². The second-order valence-corrected chi connectivity index (χ2v) is 8.49. The normalized spacial score (nSPS) is 20.3. The highest BCUT2D eigenvalue weighted by molar-refractivity contribution is 6.04. The molecule has 2 aliphatic rings. The van der Waals surface area contributed by atoms with Crippen molar-refractivity contribution in [1.29, 1.82) is 0 Å². The number of nitrogens with one attached hydrogen (secondary N) is 1. The zero-order valence-corrected chi connectivity index (χ0v) is 18.2. The lowest BCUT2D eigenvalue weighted by Gasteiger charge is -2.24. The van der Waals surface area contributed by atoms with E-state index in [-0.39, 0.29) is 23.4 Å². The van der Waals surface area contributed by atoms with Crippen LogP contribution in [-0.4, -0.2) is 27.0 Å². The number of rotatable bonds is 4. The summed E-state index contributed by atoms with van der Waals surface area (Å²) in [6, 6.07) is 0.181. The van der Waals surface area contributed by atoms with Gasteiger partial charge in [-0.1, -0.05) is 36.1 Å². The van der Waals surface area contributed by atoms with Gasteiger partial charge in [-0.3, -0.25) is 14.3 Å². The van der Waals surface area contributed by atoms with Crippen molar-refractivity contribution in [2.24, 2.45) is 7.05 Å². The first-order valence-corrected chi connectivity index (χ1v) is 10.7. The largest absolute Gasteiger partial charge is 0.365 e. The third-order valence-corrected chi connectivity index (χ3v) is 6.41. The van der Waals surface area contributed by atoms with Crippen LogP contribution in [0.1, 0.15) is 85.1 Å². The van der Waals surface area contributed by atoms with Gasteiger partial charge >= 0.3 is 0 Å². The van der Waals surface area contributed by atoms with Gasteiger partial charge in [0.15, 0.2) is 11.5 Å². The van der Waals surface area contributed by atoms with Crippen LogP contribution in [0, 0.1) is 13.8 Å². The van der Waals surface area contributed by atoms with Crippen LogP contribution in [0.15, 0.2) is 21.0 Å². The zero-order valence-electron chi connectivity index (χ0n) is 18.2. The van der Waals surface area contributed by atoms with Gasteiger partial charge in [-0.2, -0.15) is 0 Å². The minimum absolute atomic E-state index is 0.159. The van der Waals surface area contributed by atoms with Gasteiger partial charge in [-0.05, 0) is 40.0 Å². The predicted octanol–water partition coefficient (Wildman–Crippen LogP) is 3.96. The summed E-state index contributed by atoms with van der Waals surface area (Å²) in [5.74, 6) is 0.125. The van der Waals surface area contributed by atoms with E-state index in [9.17, 15) is 9.59 Å². The van der Waals surface area contributed by atoms with Crippen LogP contribution in [-0.2, 0) is 11.8 Å². The van der Waals surface area contributed by atoms with Gasteiger partial charge in [0.25, 0.3) is 11.5 Å². The van der Waals surface area contributed by atoms with E-state index in [1.807, 2.05) is 25.6 Å². The predicted molar refractivity (Wildman–Crippen MR) is 113 cm³/mol. The standard InChI is InChI=1S/C22H30N4O4/c1-13-10-11-17(29-12-13)20-14(2)18(24-30-20)21(27)23-19-15(3)25(4)26(22(19)28)16-8-6-5-7-9-16/h10,16-17H,5-9,11-12H2,1-4H3,(H,23,27)/t17-/m0/s1. The van der Waals surface area contributed by atoms with Gasteiger partial charge in [0, 0.05) is 12.6 Å². The molecule has 1 aliphatic heterocycles. The van der Waals surface area contributed by atoms with E-state index in [0.717, 1.165) is 31.4 Å². The molecule has 1 amide bonds. The minimum Gasteiger partial charge on any atom is -0.365 e. The number of aromatic nitrogens is 3.